The number of ether oxygens (including phenoxy) is 1. The number of rotatable bonds is 2. The molecule has 0 aromatic heterocycles. The summed E-state index contributed by atoms with van der Waals surface area (Å²) < 4.78 is 4.92. The van der Waals surface area contributed by atoms with Crippen molar-refractivity contribution in [3.8, 4) is 0 Å². The van der Waals surface area contributed by atoms with E-state index in [1.54, 1.807) is 19.3 Å². The van der Waals surface area contributed by atoms with Gasteiger partial charge < -0.3 is 4.74 Å². The maximum atomic E-state index is 11.5. The van der Waals surface area contributed by atoms with E-state index < -0.39 is 0 Å². The van der Waals surface area contributed by atoms with E-state index in [0.717, 1.165) is 0 Å². The van der Waals surface area contributed by atoms with Gasteiger partial charge in [-0.1, -0.05) is 42.0 Å². The molecule has 1 aromatic rings. The van der Waals surface area contributed by atoms with Gasteiger partial charge in [-0.05, 0) is 19.4 Å². The lowest BCUT2D eigenvalue weighted by atomic mass is 9.97. The van der Waals surface area contributed by atoms with Crippen LogP contribution in [-0.4, -0.2) is 17.6 Å². The maximum absolute atomic E-state index is 11.5. The van der Waals surface area contributed by atoms with Crippen molar-refractivity contribution >= 4 is 6.09 Å². The molecule has 0 saturated carbocycles. The lowest BCUT2D eigenvalue weighted by molar-refractivity contribution is 0.133. The Bertz CT molecular complexity index is 460. The molecule has 0 spiro atoms. The van der Waals surface area contributed by atoms with Crippen molar-refractivity contribution in [1.82, 2.24) is 4.90 Å². The van der Waals surface area contributed by atoms with Crippen LogP contribution in [0.15, 0.2) is 48.8 Å². The molecule has 0 saturated heterocycles. The summed E-state index contributed by atoms with van der Waals surface area (Å²) in [5.74, 6) is 0.219. The molecule has 1 amide bonds. The zero-order chi connectivity index (χ0) is 13.0. The Morgan fingerprint density at radius 1 is 1.22 bits per heavy atom. The van der Waals surface area contributed by atoms with Crippen molar-refractivity contribution in [2.45, 2.75) is 19.8 Å². The number of amides is 1. The highest BCUT2D eigenvalue weighted by molar-refractivity contribution is 5.70. The second-order valence-corrected chi connectivity index (χ2v) is 4.23. The summed E-state index contributed by atoms with van der Waals surface area (Å²) in [5.41, 5.74) is 2.47. The molecule has 1 aliphatic rings. The van der Waals surface area contributed by atoms with Gasteiger partial charge in [0.15, 0.2) is 0 Å². The van der Waals surface area contributed by atoms with Crippen LogP contribution in [0, 0.1) is 6.92 Å². The van der Waals surface area contributed by atoms with Gasteiger partial charge in [0.1, 0.15) is 0 Å². The fourth-order valence-electron chi connectivity index (χ4n) is 1.82. The molecule has 2 rings (SSSR count). The van der Waals surface area contributed by atoms with Crippen molar-refractivity contribution < 1.29 is 9.53 Å². The number of benzene rings is 1. The third-order valence-electron chi connectivity index (χ3n) is 2.85. The van der Waals surface area contributed by atoms with Crippen LogP contribution in [-0.2, 0) is 4.74 Å². The van der Waals surface area contributed by atoms with E-state index in [2.05, 4.69) is 31.2 Å². The van der Waals surface area contributed by atoms with E-state index in [4.69, 9.17) is 4.74 Å². The highest BCUT2D eigenvalue weighted by atomic mass is 16.5. The quantitative estimate of drug-likeness (QED) is 0.794. The van der Waals surface area contributed by atoms with E-state index in [0.29, 0.717) is 6.61 Å². The van der Waals surface area contributed by atoms with Gasteiger partial charge in [0, 0.05) is 18.3 Å². The monoisotopic (exact) mass is 243 g/mol. The molecule has 3 heteroatoms. The minimum Gasteiger partial charge on any atom is -0.449 e. The summed E-state index contributed by atoms with van der Waals surface area (Å²) in [6.07, 6.45) is 7.14. The Morgan fingerprint density at radius 2 is 1.83 bits per heavy atom. The zero-order valence-electron chi connectivity index (χ0n) is 10.7. The van der Waals surface area contributed by atoms with Crippen LogP contribution in [0.3, 0.4) is 0 Å². The van der Waals surface area contributed by atoms with Crippen LogP contribution in [0.1, 0.15) is 24.0 Å². The van der Waals surface area contributed by atoms with Gasteiger partial charge in [0.05, 0.1) is 6.61 Å². The molecule has 0 aliphatic carbocycles. The van der Waals surface area contributed by atoms with Gasteiger partial charge in [-0.2, -0.15) is 0 Å². The number of carbonyl (C=O) groups excluding carboxylic acids is 1. The van der Waals surface area contributed by atoms with Crippen LogP contribution in [0.25, 0.3) is 0 Å². The standard InChI is InChI=1S/C15H17NO2/c1-3-18-15(17)16-10-8-14(9-11-16)13-6-4-12(2)5-7-13/h4-11,14H,3H2,1-2H3. The number of hydrogen-bond acceptors (Lipinski definition) is 2. The second kappa shape index (κ2) is 5.54. The van der Waals surface area contributed by atoms with Gasteiger partial charge in [0.2, 0.25) is 0 Å². The molecule has 0 bridgehead atoms. The fourth-order valence-corrected chi connectivity index (χ4v) is 1.82. The number of carbonyl (C=O) groups is 1. The van der Waals surface area contributed by atoms with Crippen LogP contribution < -0.4 is 0 Å². The molecule has 0 fully saturated rings. The first-order valence-corrected chi connectivity index (χ1v) is 6.09. The second-order valence-electron chi connectivity index (χ2n) is 4.23. The predicted molar refractivity (Wildman–Crippen MR) is 71.1 cm³/mol. The van der Waals surface area contributed by atoms with E-state index in [9.17, 15) is 4.79 Å². The number of nitrogens with zero attached hydrogens (tertiary/aromatic N) is 1. The Morgan fingerprint density at radius 3 is 2.39 bits per heavy atom. The van der Waals surface area contributed by atoms with Crippen LogP contribution in [0.4, 0.5) is 4.79 Å². The van der Waals surface area contributed by atoms with Gasteiger partial charge >= 0.3 is 6.09 Å². The van der Waals surface area contributed by atoms with Gasteiger partial charge in [-0.3, -0.25) is 4.90 Å². The molecule has 0 atom stereocenters. The summed E-state index contributed by atoms with van der Waals surface area (Å²) in [4.78, 5) is 12.9. The van der Waals surface area contributed by atoms with Crippen LogP contribution in [0.5, 0.6) is 0 Å². The summed E-state index contributed by atoms with van der Waals surface area (Å²) in [6, 6.07) is 8.40. The highest BCUT2D eigenvalue weighted by Gasteiger charge is 2.14. The van der Waals surface area contributed by atoms with Gasteiger partial charge in [-0.15, -0.1) is 0 Å². The summed E-state index contributed by atoms with van der Waals surface area (Å²) in [7, 11) is 0. The zero-order valence-corrected chi connectivity index (χ0v) is 10.7. The third-order valence-corrected chi connectivity index (χ3v) is 2.85. The minimum absolute atomic E-state index is 0.219. The highest BCUT2D eigenvalue weighted by Crippen LogP contribution is 2.23. The number of hydrogen-bond donors (Lipinski definition) is 0. The smallest absolute Gasteiger partial charge is 0.417 e. The molecule has 1 aromatic carbocycles. The lowest BCUT2D eigenvalue weighted by Gasteiger charge is -2.19. The molecule has 0 unspecified atom stereocenters. The Balaban J connectivity index is 2.05. The maximum Gasteiger partial charge on any atom is 0.417 e. The summed E-state index contributed by atoms with van der Waals surface area (Å²) in [5, 5.41) is 0. The average molecular weight is 243 g/mol. The SMILES string of the molecule is CCOC(=O)N1C=CC(c2ccc(C)cc2)C=C1. The molecule has 0 N–H and O–H groups in total. The average Bonchev–Trinajstić information content (AvgIpc) is 2.40. The summed E-state index contributed by atoms with van der Waals surface area (Å²) >= 11 is 0. The van der Waals surface area contributed by atoms with E-state index in [-0.39, 0.29) is 12.0 Å². The van der Waals surface area contributed by atoms with Crippen molar-refractivity contribution in [3.05, 3.63) is 59.9 Å². The largest absolute Gasteiger partial charge is 0.449 e. The van der Waals surface area contributed by atoms with E-state index >= 15 is 0 Å². The van der Waals surface area contributed by atoms with E-state index in [1.807, 2.05) is 12.2 Å². The Hall–Kier alpha value is -2.03. The molecule has 0 radical (unpaired) electrons. The van der Waals surface area contributed by atoms with Crippen molar-refractivity contribution in [3.63, 3.8) is 0 Å². The topological polar surface area (TPSA) is 29.5 Å². The Labute approximate surface area is 107 Å². The molecule has 94 valence electrons. The van der Waals surface area contributed by atoms with Crippen molar-refractivity contribution in [2.24, 2.45) is 0 Å². The molecule has 18 heavy (non-hydrogen) atoms. The van der Waals surface area contributed by atoms with Crippen LogP contribution >= 0.6 is 0 Å². The first kappa shape index (κ1) is 12.4. The minimum atomic E-state index is -0.340. The van der Waals surface area contributed by atoms with Crippen LogP contribution in [0.2, 0.25) is 0 Å². The third kappa shape index (κ3) is 2.80. The van der Waals surface area contributed by atoms with Gasteiger partial charge in [-0.25, -0.2) is 4.79 Å². The summed E-state index contributed by atoms with van der Waals surface area (Å²) in [6.45, 7) is 4.25. The normalized spacial score (nSPS) is 14.9. The molecule has 1 aliphatic heterocycles. The molecular formula is C15H17NO2. The Kier molecular flexibility index (Phi) is 3.82. The molecule has 3 nitrogen and oxygen atoms in total. The van der Waals surface area contributed by atoms with Crippen molar-refractivity contribution in [2.75, 3.05) is 6.61 Å². The fraction of sp³-hybridized carbons (Fsp3) is 0.267. The number of allylic oxidation sites excluding steroid dienone is 2. The number of aryl methyl sites for hydroxylation is 1. The molecular weight excluding hydrogens is 226 g/mol. The van der Waals surface area contributed by atoms with Gasteiger partial charge in [0.25, 0.3) is 0 Å². The predicted octanol–water partition coefficient (Wildman–Crippen LogP) is 3.58. The lowest BCUT2D eigenvalue weighted by Crippen LogP contribution is -2.23. The first-order chi connectivity index (χ1) is 8.70. The first-order valence-electron chi connectivity index (χ1n) is 6.09. The van der Waals surface area contributed by atoms with E-state index in [1.165, 1.54) is 16.0 Å². The molecule has 1 heterocycles. The van der Waals surface area contributed by atoms with Crippen molar-refractivity contribution in [1.29, 1.82) is 0 Å².